The van der Waals surface area contributed by atoms with Crippen molar-refractivity contribution < 1.29 is 19.1 Å². The Morgan fingerprint density at radius 2 is 1.35 bits per heavy atom. The highest BCUT2D eigenvalue weighted by atomic mass is 35.5. The van der Waals surface area contributed by atoms with Crippen LogP contribution in [0.4, 0.5) is 27.5 Å². The maximum Gasteiger partial charge on any atom is 0.328 e. The lowest BCUT2D eigenvalue weighted by Gasteiger charge is -2.19. The van der Waals surface area contributed by atoms with Crippen LogP contribution in [-0.4, -0.2) is 31.1 Å². The van der Waals surface area contributed by atoms with Crippen molar-refractivity contribution in [2.24, 2.45) is 0 Å². The number of esters is 1. The molecule has 0 saturated carbocycles. The molecule has 40 heavy (non-hydrogen) atoms. The Labute approximate surface area is 241 Å². The minimum Gasteiger partial charge on any atom is -0.467 e. The highest BCUT2D eigenvalue weighted by Crippen LogP contribution is 2.26. The third-order valence-corrected chi connectivity index (χ3v) is 6.49. The van der Waals surface area contributed by atoms with E-state index in [2.05, 4.69) is 21.3 Å². The van der Waals surface area contributed by atoms with Crippen molar-refractivity contribution >= 4 is 63.9 Å². The standard InChI is InChI=1S/C30H26Cl2N4O4/c1-40-29(38)26(36-30(39)35-25-13-6-5-12-24(25)33-20-8-3-2-4-9-20)18-19-14-16-21(17-15-19)34-28(37)27-22(31)10-7-11-23(27)32/h2-17,26,33H,18H2,1H3,(H,34,37)(H2,35,36,39)/t26-/m0/s1. The van der Waals surface area contributed by atoms with Gasteiger partial charge in [-0.05, 0) is 54.1 Å². The molecule has 0 aliphatic carbocycles. The molecule has 4 rings (SSSR count). The lowest BCUT2D eigenvalue weighted by molar-refractivity contribution is -0.142. The molecule has 0 aliphatic heterocycles. The Hall–Kier alpha value is -4.53. The summed E-state index contributed by atoms with van der Waals surface area (Å²) < 4.78 is 4.91. The third-order valence-electron chi connectivity index (χ3n) is 5.86. The van der Waals surface area contributed by atoms with Crippen LogP contribution >= 0.6 is 23.2 Å². The van der Waals surface area contributed by atoms with Crippen molar-refractivity contribution in [3.05, 3.63) is 118 Å². The fraction of sp³-hybridized carbons (Fsp3) is 0.100. The van der Waals surface area contributed by atoms with Crippen LogP contribution in [0.5, 0.6) is 0 Å². The Balaban J connectivity index is 1.40. The van der Waals surface area contributed by atoms with Gasteiger partial charge in [-0.3, -0.25) is 4.79 Å². The van der Waals surface area contributed by atoms with Gasteiger partial charge in [0.2, 0.25) is 0 Å². The molecule has 0 aromatic heterocycles. The summed E-state index contributed by atoms with van der Waals surface area (Å²) in [5, 5.41) is 12.0. The Morgan fingerprint density at radius 3 is 2.00 bits per heavy atom. The fourth-order valence-corrected chi connectivity index (χ4v) is 4.47. The van der Waals surface area contributed by atoms with Gasteiger partial charge in [0.1, 0.15) is 6.04 Å². The average Bonchev–Trinajstić information content (AvgIpc) is 2.95. The van der Waals surface area contributed by atoms with E-state index < -0.39 is 23.9 Å². The number of para-hydroxylation sites is 3. The van der Waals surface area contributed by atoms with E-state index in [0.29, 0.717) is 17.1 Å². The van der Waals surface area contributed by atoms with E-state index in [0.717, 1.165) is 11.3 Å². The maximum absolute atomic E-state index is 12.9. The number of urea groups is 1. The molecule has 1 atom stereocenters. The molecule has 204 valence electrons. The van der Waals surface area contributed by atoms with Crippen LogP contribution in [0.1, 0.15) is 15.9 Å². The smallest absolute Gasteiger partial charge is 0.328 e. The maximum atomic E-state index is 12.9. The first-order valence-corrected chi connectivity index (χ1v) is 13.0. The predicted molar refractivity (Wildman–Crippen MR) is 159 cm³/mol. The van der Waals surface area contributed by atoms with Crippen molar-refractivity contribution in [1.82, 2.24) is 5.32 Å². The van der Waals surface area contributed by atoms with Crippen LogP contribution in [0, 0.1) is 0 Å². The minimum absolute atomic E-state index is 0.161. The van der Waals surface area contributed by atoms with Gasteiger partial charge in [-0.15, -0.1) is 0 Å². The Morgan fingerprint density at radius 1 is 0.725 bits per heavy atom. The minimum atomic E-state index is -0.957. The first-order valence-electron chi connectivity index (χ1n) is 12.2. The average molecular weight is 577 g/mol. The predicted octanol–water partition coefficient (Wildman–Crippen LogP) is 6.90. The number of nitrogens with one attached hydrogen (secondary N) is 4. The molecule has 10 heteroatoms. The highest BCUT2D eigenvalue weighted by molar-refractivity contribution is 6.40. The van der Waals surface area contributed by atoms with Crippen molar-refractivity contribution in [3.63, 3.8) is 0 Å². The van der Waals surface area contributed by atoms with E-state index in [1.54, 1.807) is 54.6 Å². The molecular formula is C30H26Cl2N4O4. The summed E-state index contributed by atoms with van der Waals surface area (Å²) in [7, 11) is 1.26. The highest BCUT2D eigenvalue weighted by Gasteiger charge is 2.23. The quantitative estimate of drug-likeness (QED) is 0.162. The molecule has 0 bridgehead atoms. The topological polar surface area (TPSA) is 109 Å². The second kappa shape index (κ2) is 13.5. The van der Waals surface area contributed by atoms with Gasteiger partial charge in [0.05, 0.1) is 34.1 Å². The summed E-state index contributed by atoms with van der Waals surface area (Å²) >= 11 is 12.2. The normalized spacial score (nSPS) is 11.2. The lowest BCUT2D eigenvalue weighted by Crippen LogP contribution is -2.45. The number of carbonyl (C=O) groups excluding carboxylic acids is 3. The van der Waals surface area contributed by atoms with E-state index in [-0.39, 0.29) is 22.0 Å². The second-order valence-electron chi connectivity index (χ2n) is 8.66. The molecular weight excluding hydrogens is 551 g/mol. The van der Waals surface area contributed by atoms with Crippen LogP contribution in [-0.2, 0) is 16.0 Å². The van der Waals surface area contributed by atoms with Crippen molar-refractivity contribution in [2.45, 2.75) is 12.5 Å². The van der Waals surface area contributed by atoms with E-state index in [9.17, 15) is 14.4 Å². The van der Waals surface area contributed by atoms with Crippen LogP contribution in [0.3, 0.4) is 0 Å². The second-order valence-corrected chi connectivity index (χ2v) is 9.48. The Bertz CT molecular complexity index is 1480. The zero-order valence-corrected chi connectivity index (χ0v) is 22.9. The number of methoxy groups -OCH3 is 1. The molecule has 0 unspecified atom stereocenters. The number of anilines is 4. The number of benzene rings is 4. The van der Waals surface area contributed by atoms with Gasteiger partial charge in [0.15, 0.2) is 0 Å². The molecule has 8 nitrogen and oxygen atoms in total. The van der Waals surface area contributed by atoms with Gasteiger partial charge in [-0.2, -0.15) is 0 Å². The molecule has 0 heterocycles. The number of halogens is 2. The summed E-state index contributed by atoms with van der Waals surface area (Å²) in [5.41, 5.74) is 3.50. The van der Waals surface area contributed by atoms with Gasteiger partial charge >= 0.3 is 12.0 Å². The van der Waals surface area contributed by atoms with E-state index in [4.69, 9.17) is 27.9 Å². The van der Waals surface area contributed by atoms with Gasteiger partial charge < -0.3 is 26.0 Å². The largest absolute Gasteiger partial charge is 0.467 e. The fourth-order valence-electron chi connectivity index (χ4n) is 3.90. The van der Waals surface area contributed by atoms with E-state index in [1.165, 1.54) is 7.11 Å². The van der Waals surface area contributed by atoms with Gasteiger partial charge in [-0.1, -0.05) is 71.7 Å². The van der Waals surface area contributed by atoms with Crippen molar-refractivity contribution in [2.75, 3.05) is 23.1 Å². The molecule has 4 N–H and O–H groups in total. The van der Waals surface area contributed by atoms with Crippen molar-refractivity contribution in [1.29, 1.82) is 0 Å². The first kappa shape index (κ1) is 28.5. The molecule has 4 aromatic rings. The zero-order chi connectivity index (χ0) is 28.5. The van der Waals surface area contributed by atoms with Gasteiger partial charge in [-0.25, -0.2) is 9.59 Å². The monoisotopic (exact) mass is 576 g/mol. The molecule has 0 aliphatic rings. The van der Waals surface area contributed by atoms with Crippen molar-refractivity contribution in [3.8, 4) is 0 Å². The summed E-state index contributed by atoms with van der Waals surface area (Å²) in [5.74, 6) is -1.05. The first-order chi connectivity index (χ1) is 19.3. The van der Waals surface area contributed by atoms with Crippen LogP contribution in [0.15, 0.2) is 97.1 Å². The van der Waals surface area contributed by atoms with Gasteiger partial charge in [0.25, 0.3) is 5.91 Å². The summed E-state index contributed by atoms with van der Waals surface area (Å²) in [6.07, 6.45) is 0.161. The third kappa shape index (κ3) is 7.53. The molecule has 0 spiro atoms. The van der Waals surface area contributed by atoms with E-state index in [1.807, 2.05) is 42.5 Å². The number of rotatable bonds is 9. The summed E-state index contributed by atoms with van der Waals surface area (Å²) in [6, 6.07) is 26.9. The Kier molecular flexibility index (Phi) is 9.62. The van der Waals surface area contributed by atoms with Crippen LogP contribution < -0.4 is 21.3 Å². The van der Waals surface area contributed by atoms with Gasteiger partial charge in [0, 0.05) is 17.8 Å². The lowest BCUT2D eigenvalue weighted by atomic mass is 10.1. The summed E-state index contributed by atoms with van der Waals surface area (Å²) in [4.78, 5) is 38.0. The zero-order valence-electron chi connectivity index (χ0n) is 21.4. The number of carbonyl (C=O) groups is 3. The SMILES string of the molecule is COC(=O)[C@H](Cc1ccc(NC(=O)c2c(Cl)cccc2Cl)cc1)NC(=O)Nc1ccccc1Nc1ccccc1. The molecule has 0 saturated heterocycles. The molecule has 4 aromatic carbocycles. The molecule has 3 amide bonds. The number of amides is 3. The summed E-state index contributed by atoms with van der Waals surface area (Å²) in [6.45, 7) is 0. The number of hydrogen-bond donors (Lipinski definition) is 4. The number of hydrogen-bond acceptors (Lipinski definition) is 5. The molecule has 0 radical (unpaired) electrons. The van der Waals surface area contributed by atoms with E-state index >= 15 is 0 Å². The number of ether oxygens (including phenoxy) is 1. The van der Waals surface area contributed by atoms with Crippen LogP contribution in [0.2, 0.25) is 10.0 Å². The van der Waals surface area contributed by atoms with Crippen LogP contribution in [0.25, 0.3) is 0 Å². The molecule has 0 fully saturated rings.